The predicted octanol–water partition coefficient (Wildman–Crippen LogP) is 0.0239. The first-order valence-corrected chi connectivity index (χ1v) is 7.14. The molecule has 22 heavy (non-hydrogen) atoms. The molecule has 0 fully saturated rings. The number of aromatic nitrogens is 3. The Morgan fingerprint density at radius 3 is 3.00 bits per heavy atom. The van der Waals surface area contributed by atoms with Crippen LogP contribution in [0, 0.1) is 0 Å². The van der Waals surface area contributed by atoms with Crippen molar-refractivity contribution in [3.63, 3.8) is 0 Å². The fraction of sp³-hybridized carbons (Fsp3) is 0.167. The molecular formula is C12H15N7O2S. The zero-order chi connectivity index (χ0) is 15.9. The second-order valence-electron chi connectivity index (χ2n) is 4.04. The van der Waals surface area contributed by atoms with Gasteiger partial charge >= 0.3 is 0 Å². The van der Waals surface area contributed by atoms with Gasteiger partial charge in [-0.1, -0.05) is 23.9 Å². The fourth-order valence-electron chi connectivity index (χ4n) is 1.52. The molecule has 9 nitrogen and oxygen atoms in total. The molecule has 0 atom stereocenters. The summed E-state index contributed by atoms with van der Waals surface area (Å²) in [6.45, 7) is 0. The molecule has 0 aliphatic carbocycles. The van der Waals surface area contributed by atoms with Crippen molar-refractivity contribution in [1.29, 1.82) is 0 Å². The zero-order valence-corrected chi connectivity index (χ0v) is 12.6. The highest BCUT2D eigenvalue weighted by atomic mass is 32.2. The Morgan fingerprint density at radius 2 is 2.27 bits per heavy atom. The number of para-hydroxylation sites is 1. The number of nitrogens with zero attached hydrogens (tertiary/aromatic N) is 4. The number of nitrogen functional groups attached to an aromatic ring is 1. The normalized spacial score (nSPS) is 10.8. The van der Waals surface area contributed by atoms with Crippen molar-refractivity contribution in [3.05, 3.63) is 29.8 Å². The molecule has 1 aromatic carbocycles. The zero-order valence-electron chi connectivity index (χ0n) is 11.8. The minimum absolute atomic E-state index is 0.0693. The van der Waals surface area contributed by atoms with E-state index < -0.39 is 5.91 Å². The van der Waals surface area contributed by atoms with Gasteiger partial charge in [0.25, 0.3) is 5.95 Å². The molecule has 1 heterocycles. The maximum atomic E-state index is 10.7. The number of carbonyl (C=O) groups excluding carboxylic acids is 1. The number of methoxy groups -OCH3 is 1. The van der Waals surface area contributed by atoms with E-state index in [1.54, 1.807) is 13.3 Å². The van der Waals surface area contributed by atoms with Gasteiger partial charge in [0.1, 0.15) is 5.75 Å². The van der Waals surface area contributed by atoms with Gasteiger partial charge in [0.15, 0.2) is 0 Å². The Kier molecular flexibility index (Phi) is 5.20. The SMILES string of the molecule is COc1ccccc1/C=N/Nc1nnc(SCC(N)=O)n1N. The van der Waals surface area contributed by atoms with E-state index in [-0.39, 0.29) is 11.7 Å². The fourth-order valence-corrected chi connectivity index (χ4v) is 2.12. The summed E-state index contributed by atoms with van der Waals surface area (Å²) in [5.74, 6) is 6.32. The van der Waals surface area contributed by atoms with E-state index in [2.05, 4.69) is 20.7 Å². The van der Waals surface area contributed by atoms with Gasteiger partial charge in [0.05, 0.1) is 19.1 Å². The van der Waals surface area contributed by atoms with Gasteiger partial charge in [-0.05, 0) is 12.1 Å². The molecule has 0 aliphatic heterocycles. The molecule has 116 valence electrons. The monoisotopic (exact) mass is 321 g/mol. The van der Waals surface area contributed by atoms with Crippen LogP contribution in [0.1, 0.15) is 5.56 Å². The molecule has 0 saturated carbocycles. The molecule has 0 spiro atoms. The van der Waals surface area contributed by atoms with E-state index in [1.807, 2.05) is 24.3 Å². The summed E-state index contributed by atoms with van der Waals surface area (Å²) in [5, 5.41) is 12.0. The first kappa shape index (κ1) is 15.6. The van der Waals surface area contributed by atoms with Crippen molar-refractivity contribution < 1.29 is 9.53 Å². The van der Waals surface area contributed by atoms with Crippen LogP contribution in [0.25, 0.3) is 0 Å². The van der Waals surface area contributed by atoms with Crippen LogP contribution in [-0.4, -0.2) is 39.9 Å². The summed E-state index contributed by atoms with van der Waals surface area (Å²) >= 11 is 1.09. The Morgan fingerprint density at radius 1 is 1.50 bits per heavy atom. The number of amides is 1. The highest BCUT2D eigenvalue weighted by molar-refractivity contribution is 7.99. The Labute approximate surface area is 130 Å². The number of thioether (sulfide) groups is 1. The summed E-state index contributed by atoms with van der Waals surface area (Å²) < 4.78 is 6.39. The third-order valence-electron chi connectivity index (χ3n) is 2.52. The Hall–Kier alpha value is -2.75. The van der Waals surface area contributed by atoms with Gasteiger partial charge in [-0.25, -0.2) is 10.1 Å². The van der Waals surface area contributed by atoms with Crippen LogP contribution in [0.4, 0.5) is 5.95 Å². The van der Waals surface area contributed by atoms with Crippen molar-refractivity contribution in [2.75, 3.05) is 24.1 Å². The lowest BCUT2D eigenvalue weighted by atomic mass is 10.2. The maximum absolute atomic E-state index is 10.7. The number of nitrogens with one attached hydrogen (secondary N) is 1. The third kappa shape index (κ3) is 3.88. The summed E-state index contributed by atoms with van der Waals surface area (Å²) in [7, 11) is 1.58. The summed E-state index contributed by atoms with van der Waals surface area (Å²) in [5.41, 5.74) is 8.52. The van der Waals surface area contributed by atoms with E-state index in [0.29, 0.717) is 10.9 Å². The molecule has 2 rings (SSSR count). The third-order valence-corrected chi connectivity index (χ3v) is 3.48. The van der Waals surface area contributed by atoms with Gasteiger partial charge in [0, 0.05) is 5.56 Å². The molecule has 5 N–H and O–H groups in total. The molecule has 0 radical (unpaired) electrons. The highest BCUT2D eigenvalue weighted by Crippen LogP contribution is 2.17. The number of primary amides is 1. The molecule has 1 aromatic heterocycles. The van der Waals surface area contributed by atoms with Crippen LogP contribution < -0.4 is 21.7 Å². The number of benzene rings is 1. The molecule has 0 aliphatic rings. The number of nitrogens with two attached hydrogens (primary N) is 2. The lowest BCUT2D eigenvalue weighted by Crippen LogP contribution is -2.16. The minimum atomic E-state index is -0.461. The van der Waals surface area contributed by atoms with E-state index >= 15 is 0 Å². The largest absolute Gasteiger partial charge is 0.496 e. The van der Waals surface area contributed by atoms with Crippen LogP contribution in [0.3, 0.4) is 0 Å². The van der Waals surface area contributed by atoms with Gasteiger partial charge < -0.3 is 16.3 Å². The van der Waals surface area contributed by atoms with Crippen molar-refractivity contribution in [2.45, 2.75) is 5.16 Å². The summed E-state index contributed by atoms with van der Waals surface area (Å²) in [4.78, 5) is 10.7. The molecule has 0 bridgehead atoms. The quantitative estimate of drug-likeness (QED) is 0.283. The average Bonchev–Trinajstić information content (AvgIpc) is 2.86. The van der Waals surface area contributed by atoms with Crippen molar-refractivity contribution in [1.82, 2.24) is 14.9 Å². The number of anilines is 1. The summed E-state index contributed by atoms with van der Waals surface area (Å²) in [6, 6.07) is 7.41. The van der Waals surface area contributed by atoms with E-state index in [9.17, 15) is 4.79 Å². The molecule has 0 unspecified atom stereocenters. The van der Waals surface area contributed by atoms with Gasteiger partial charge in [0.2, 0.25) is 11.1 Å². The number of hydrazone groups is 1. The molecule has 2 aromatic rings. The molecule has 10 heteroatoms. The van der Waals surface area contributed by atoms with Crippen LogP contribution in [0.15, 0.2) is 34.5 Å². The second kappa shape index (κ2) is 7.31. The lowest BCUT2D eigenvalue weighted by Gasteiger charge is -2.03. The van der Waals surface area contributed by atoms with E-state index in [1.165, 1.54) is 4.68 Å². The van der Waals surface area contributed by atoms with Crippen molar-refractivity contribution in [2.24, 2.45) is 10.8 Å². The molecule has 0 saturated heterocycles. The average molecular weight is 321 g/mol. The van der Waals surface area contributed by atoms with Gasteiger partial charge in [-0.2, -0.15) is 5.10 Å². The number of hydrogen-bond donors (Lipinski definition) is 3. The minimum Gasteiger partial charge on any atom is -0.496 e. The van der Waals surface area contributed by atoms with Crippen LogP contribution in [0.2, 0.25) is 0 Å². The first-order valence-electron chi connectivity index (χ1n) is 6.15. The number of ether oxygens (including phenoxy) is 1. The van der Waals surface area contributed by atoms with Crippen molar-refractivity contribution >= 4 is 29.8 Å². The number of carbonyl (C=O) groups is 1. The number of hydrogen-bond acceptors (Lipinski definition) is 8. The van der Waals surface area contributed by atoms with Gasteiger partial charge in [-0.15, -0.1) is 10.2 Å². The maximum Gasteiger partial charge on any atom is 0.264 e. The molecular weight excluding hydrogens is 306 g/mol. The molecule has 1 amide bonds. The van der Waals surface area contributed by atoms with Crippen LogP contribution in [-0.2, 0) is 4.79 Å². The smallest absolute Gasteiger partial charge is 0.264 e. The number of rotatable bonds is 7. The van der Waals surface area contributed by atoms with Gasteiger partial charge in [-0.3, -0.25) is 4.79 Å². The highest BCUT2D eigenvalue weighted by Gasteiger charge is 2.10. The van der Waals surface area contributed by atoms with Crippen LogP contribution >= 0.6 is 11.8 Å². The first-order chi connectivity index (χ1) is 10.6. The Balaban J connectivity index is 2.02. The van der Waals surface area contributed by atoms with Crippen molar-refractivity contribution in [3.8, 4) is 5.75 Å². The van der Waals surface area contributed by atoms with E-state index in [4.69, 9.17) is 16.3 Å². The topological polar surface area (TPSA) is 133 Å². The predicted molar refractivity (Wildman–Crippen MR) is 84.3 cm³/mol. The van der Waals surface area contributed by atoms with E-state index in [0.717, 1.165) is 17.3 Å². The summed E-state index contributed by atoms with van der Waals surface area (Å²) in [6.07, 6.45) is 1.57. The lowest BCUT2D eigenvalue weighted by molar-refractivity contribution is -0.115. The standard InChI is InChI=1S/C12H15N7O2S/c1-21-9-5-3-2-4-8(9)6-15-16-11-17-18-12(19(11)14)22-7-10(13)20/h2-6H,7,14H2,1H3,(H2,13,20)(H,16,17)/b15-6+. The Bertz CT molecular complexity index is 686. The van der Waals surface area contributed by atoms with Crippen LogP contribution in [0.5, 0.6) is 5.75 Å². The second-order valence-corrected chi connectivity index (χ2v) is 4.99.